The number of hydrogen-bond donors (Lipinski definition) is 0. The molecular formula is C46H30N4. The third-order valence-corrected chi connectivity index (χ3v) is 9.72. The van der Waals surface area contributed by atoms with Crippen molar-refractivity contribution < 1.29 is 0 Å². The summed E-state index contributed by atoms with van der Waals surface area (Å²) in [6.45, 7) is 0. The molecule has 234 valence electrons. The zero-order chi connectivity index (χ0) is 33.0. The van der Waals surface area contributed by atoms with Crippen LogP contribution in [0, 0.1) is 0 Å². The van der Waals surface area contributed by atoms with Crippen molar-refractivity contribution in [3.63, 3.8) is 0 Å². The van der Waals surface area contributed by atoms with Crippen LogP contribution in [0.4, 0.5) is 0 Å². The number of aromatic nitrogens is 4. The molecule has 0 aliphatic heterocycles. The molecule has 0 bridgehead atoms. The van der Waals surface area contributed by atoms with E-state index in [2.05, 4.69) is 179 Å². The molecule has 4 nitrogen and oxygen atoms in total. The highest BCUT2D eigenvalue weighted by molar-refractivity contribution is 6.11. The predicted octanol–water partition coefficient (Wildman–Crippen LogP) is 11.7. The zero-order valence-electron chi connectivity index (χ0n) is 27.1. The molecule has 3 heterocycles. The zero-order valence-corrected chi connectivity index (χ0v) is 27.1. The van der Waals surface area contributed by atoms with E-state index in [1.807, 2.05) is 12.1 Å². The summed E-state index contributed by atoms with van der Waals surface area (Å²) in [5, 5.41) is 3.53. The number of hydrogen-bond acceptors (Lipinski definition) is 2. The van der Waals surface area contributed by atoms with E-state index in [1.165, 1.54) is 27.4 Å². The van der Waals surface area contributed by atoms with Crippen LogP contribution < -0.4 is 0 Å². The highest BCUT2D eigenvalue weighted by Gasteiger charge is 2.22. The molecule has 0 spiro atoms. The Morgan fingerprint density at radius 3 is 1.66 bits per heavy atom. The maximum Gasteiger partial charge on any atom is 0.145 e. The Labute approximate surface area is 289 Å². The van der Waals surface area contributed by atoms with E-state index < -0.39 is 0 Å². The third kappa shape index (κ3) is 4.46. The van der Waals surface area contributed by atoms with E-state index in [0.29, 0.717) is 0 Å². The predicted molar refractivity (Wildman–Crippen MR) is 207 cm³/mol. The van der Waals surface area contributed by atoms with Crippen molar-refractivity contribution in [3.05, 3.63) is 182 Å². The fourth-order valence-corrected chi connectivity index (χ4v) is 7.41. The Hall–Kier alpha value is -6.78. The van der Waals surface area contributed by atoms with Gasteiger partial charge in [-0.05, 0) is 59.7 Å². The Bertz CT molecular complexity index is 2830. The number of pyridine rings is 1. The highest BCUT2D eigenvalue weighted by atomic mass is 15.1. The average molecular weight is 639 g/mol. The van der Waals surface area contributed by atoms with Gasteiger partial charge in [-0.2, -0.15) is 0 Å². The van der Waals surface area contributed by atoms with Gasteiger partial charge in [-0.25, -0.2) is 9.97 Å². The van der Waals surface area contributed by atoms with Crippen molar-refractivity contribution in [1.82, 2.24) is 19.1 Å². The molecule has 0 N–H and O–H groups in total. The van der Waals surface area contributed by atoms with Crippen molar-refractivity contribution in [3.8, 4) is 45.1 Å². The quantitative estimate of drug-likeness (QED) is 0.188. The Kier molecular flexibility index (Phi) is 6.46. The van der Waals surface area contributed by atoms with Crippen LogP contribution in [0.25, 0.3) is 88.9 Å². The Morgan fingerprint density at radius 2 is 0.920 bits per heavy atom. The van der Waals surface area contributed by atoms with Crippen molar-refractivity contribution >= 4 is 43.7 Å². The van der Waals surface area contributed by atoms with Gasteiger partial charge in [0.1, 0.15) is 16.9 Å². The van der Waals surface area contributed by atoms with Crippen LogP contribution in [0.1, 0.15) is 0 Å². The largest absolute Gasteiger partial charge is 0.309 e. The van der Waals surface area contributed by atoms with Crippen LogP contribution in [0.5, 0.6) is 0 Å². The van der Waals surface area contributed by atoms with Crippen LogP contribution in [-0.4, -0.2) is 19.1 Å². The number of fused-ring (bicyclic) bond motifs is 6. The lowest BCUT2D eigenvalue weighted by molar-refractivity contribution is 1.10. The second-order valence-electron chi connectivity index (χ2n) is 12.6. The first-order valence-corrected chi connectivity index (χ1v) is 16.9. The lowest BCUT2D eigenvalue weighted by Gasteiger charge is -2.13. The molecule has 0 aliphatic rings. The fraction of sp³-hybridized carbons (Fsp3) is 0. The molecular weight excluding hydrogens is 609 g/mol. The Balaban J connectivity index is 1.15. The maximum atomic E-state index is 5.40. The summed E-state index contributed by atoms with van der Waals surface area (Å²) < 4.78 is 4.63. The fourth-order valence-electron chi connectivity index (χ4n) is 7.41. The molecule has 10 aromatic rings. The van der Waals surface area contributed by atoms with Crippen molar-refractivity contribution in [2.75, 3.05) is 0 Å². The summed E-state index contributed by atoms with van der Waals surface area (Å²) in [7, 11) is 0. The molecule has 0 unspecified atom stereocenters. The lowest BCUT2D eigenvalue weighted by atomic mass is 10.0. The highest BCUT2D eigenvalue weighted by Crippen LogP contribution is 2.39. The standard InChI is InChI=1S/C46H30N4/c1-4-14-32(15-5-1)43-45-44(38-21-10-12-22-40(38)47-43)48-46(50(45)36-18-8-3-9-19-36)33-26-24-31(25-27-33)34-28-29-42-39(30-34)37-20-11-13-23-41(37)49(42)35-16-6-2-7-17-35/h1-30H. The van der Waals surface area contributed by atoms with Gasteiger partial charge in [0.05, 0.1) is 22.2 Å². The van der Waals surface area contributed by atoms with Crippen LogP contribution in [0.2, 0.25) is 0 Å². The van der Waals surface area contributed by atoms with E-state index in [1.54, 1.807) is 0 Å². The minimum absolute atomic E-state index is 0.884. The van der Waals surface area contributed by atoms with Gasteiger partial charge < -0.3 is 4.57 Å². The first-order chi connectivity index (χ1) is 24.8. The first-order valence-electron chi connectivity index (χ1n) is 16.9. The summed E-state index contributed by atoms with van der Waals surface area (Å²) in [5.74, 6) is 0.884. The van der Waals surface area contributed by atoms with Gasteiger partial charge in [-0.15, -0.1) is 0 Å². The molecule has 0 saturated heterocycles. The molecule has 7 aromatic carbocycles. The number of benzene rings is 7. The lowest BCUT2D eigenvalue weighted by Crippen LogP contribution is -2.00. The molecule has 0 amide bonds. The van der Waals surface area contributed by atoms with Crippen LogP contribution >= 0.6 is 0 Å². The number of nitrogens with zero attached hydrogens (tertiary/aromatic N) is 4. The SMILES string of the molecule is c1ccc(-c2nc3ccccc3c3nc(-c4ccc(-c5ccc6c(c5)c5ccccc5n6-c5ccccc5)cc4)n(-c4ccccc4)c23)cc1. The van der Waals surface area contributed by atoms with Crippen LogP contribution in [-0.2, 0) is 0 Å². The smallest absolute Gasteiger partial charge is 0.145 e. The first kappa shape index (κ1) is 28.3. The topological polar surface area (TPSA) is 35.6 Å². The molecule has 4 heteroatoms. The number of rotatable bonds is 5. The normalized spacial score (nSPS) is 11.6. The maximum absolute atomic E-state index is 5.40. The van der Waals surface area contributed by atoms with Crippen molar-refractivity contribution in [2.45, 2.75) is 0 Å². The second kappa shape index (κ2) is 11.4. The van der Waals surface area contributed by atoms with Gasteiger partial charge in [-0.3, -0.25) is 4.57 Å². The Morgan fingerprint density at radius 1 is 0.360 bits per heavy atom. The summed E-state index contributed by atoms with van der Waals surface area (Å²) in [6.07, 6.45) is 0. The van der Waals surface area contributed by atoms with E-state index >= 15 is 0 Å². The summed E-state index contributed by atoms with van der Waals surface area (Å²) >= 11 is 0. The van der Waals surface area contributed by atoms with E-state index in [4.69, 9.17) is 9.97 Å². The summed E-state index contributed by atoms with van der Waals surface area (Å²) in [5.41, 5.74) is 12.8. The van der Waals surface area contributed by atoms with Gasteiger partial charge in [0, 0.05) is 38.7 Å². The molecule has 0 fully saturated rings. The molecule has 0 radical (unpaired) electrons. The molecule has 10 rings (SSSR count). The molecule has 3 aromatic heterocycles. The monoisotopic (exact) mass is 638 g/mol. The van der Waals surface area contributed by atoms with E-state index in [-0.39, 0.29) is 0 Å². The minimum atomic E-state index is 0.884. The molecule has 0 atom stereocenters. The number of imidazole rings is 1. The van der Waals surface area contributed by atoms with E-state index in [9.17, 15) is 0 Å². The second-order valence-corrected chi connectivity index (χ2v) is 12.6. The summed E-state index contributed by atoms with van der Waals surface area (Å²) in [4.78, 5) is 10.6. The minimum Gasteiger partial charge on any atom is -0.309 e. The average Bonchev–Trinajstić information content (AvgIpc) is 3.76. The van der Waals surface area contributed by atoms with Crippen molar-refractivity contribution in [2.24, 2.45) is 0 Å². The molecule has 50 heavy (non-hydrogen) atoms. The third-order valence-electron chi connectivity index (χ3n) is 9.72. The van der Waals surface area contributed by atoms with Crippen LogP contribution in [0.15, 0.2) is 182 Å². The van der Waals surface area contributed by atoms with Crippen LogP contribution in [0.3, 0.4) is 0 Å². The van der Waals surface area contributed by atoms with Gasteiger partial charge in [-0.1, -0.05) is 133 Å². The van der Waals surface area contributed by atoms with Gasteiger partial charge in [0.2, 0.25) is 0 Å². The van der Waals surface area contributed by atoms with Gasteiger partial charge in [0.25, 0.3) is 0 Å². The van der Waals surface area contributed by atoms with Gasteiger partial charge >= 0.3 is 0 Å². The van der Waals surface area contributed by atoms with E-state index in [0.717, 1.165) is 61.5 Å². The molecule has 0 saturated carbocycles. The van der Waals surface area contributed by atoms with Crippen molar-refractivity contribution in [1.29, 1.82) is 0 Å². The molecule has 0 aliphatic carbocycles. The summed E-state index contributed by atoms with van der Waals surface area (Å²) in [6, 6.07) is 64.2. The number of para-hydroxylation sites is 4. The van der Waals surface area contributed by atoms with Gasteiger partial charge in [0.15, 0.2) is 0 Å².